The number of hydrogen-bond donors (Lipinski definition) is 1. The number of rotatable bonds is 6. The Balaban J connectivity index is 1.98. The minimum absolute atomic E-state index is 0.0532. The lowest BCUT2D eigenvalue weighted by atomic mass is 9.68. The number of aliphatic hydroxyl groups excluding tert-OH is 1. The van der Waals surface area contributed by atoms with Crippen LogP contribution in [0.2, 0.25) is 0 Å². The molecule has 0 aromatic carbocycles. The molecule has 19 heavy (non-hydrogen) atoms. The van der Waals surface area contributed by atoms with Crippen molar-refractivity contribution in [2.45, 2.75) is 44.9 Å². The molecule has 0 radical (unpaired) electrons. The van der Waals surface area contributed by atoms with E-state index in [9.17, 15) is 9.90 Å². The van der Waals surface area contributed by atoms with Gasteiger partial charge in [0.25, 0.3) is 0 Å². The molecule has 2 fully saturated rings. The zero-order chi connectivity index (χ0) is 13.9. The summed E-state index contributed by atoms with van der Waals surface area (Å²) in [6.45, 7) is 1.41. The molecule has 0 unspecified atom stereocenters. The van der Waals surface area contributed by atoms with Gasteiger partial charge in [-0.2, -0.15) is 0 Å². The van der Waals surface area contributed by atoms with Crippen molar-refractivity contribution in [1.29, 1.82) is 0 Å². The predicted octanol–water partition coefficient (Wildman–Crippen LogP) is 1.81. The molecular weight excluding hydrogens is 242 g/mol. The molecule has 0 spiro atoms. The predicted molar refractivity (Wildman–Crippen MR) is 73.8 cm³/mol. The van der Waals surface area contributed by atoms with E-state index in [4.69, 9.17) is 4.74 Å². The second-order valence-electron chi connectivity index (χ2n) is 6.59. The van der Waals surface area contributed by atoms with Gasteiger partial charge < -0.3 is 14.7 Å². The molecular formula is C15H27NO3. The Morgan fingerprint density at radius 3 is 2.26 bits per heavy atom. The molecule has 2 aliphatic carbocycles. The highest BCUT2D eigenvalue weighted by Gasteiger charge is 2.47. The van der Waals surface area contributed by atoms with Crippen LogP contribution in [0.5, 0.6) is 0 Å². The van der Waals surface area contributed by atoms with E-state index in [1.165, 1.54) is 12.8 Å². The average molecular weight is 269 g/mol. The zero-order valence-corrected chi connectivity index (χ0v) is 12.3. The molecule has 0 saturated heterocycles. The van der Waals surface area contributed by atoms with Crippen molar-refractivity contribution in [2.75, 3.05) is 33.9 Å². The summed E-state index contributed by atoms with van der Waals surface area (Å²) in [6.07, 6.45) is 7.43. The van der Waals surface area contributed by atoms with Crippen molar-refractivity contribution in [3.8, 4) is 0 Å². The maximum Gasteiger partial charge on any atom is 0.230 e. The maximum atomic E-state index is 12.6. The SMILES string of the molecule is COCC1(C(=O)N(C)CC2(CO)CCCC2)CCC1. The van der Waals surface area contributed by atoms with E-state index in [0.29, 0.717) is 13.2 Å². The fraction of sp³-hybridized carbons (Fsp3) is 0.933. The first-order valence-electron chi connectivity index (χ1n) is 7.43. The Morgan fingerprint density at radius 1 is 1.21 bits per heavy atom. The summed E-state index contributed by atoms with van der Waals surface area (Å²) >= 11 is 0. The van der Waals surface area contributed by atoms with Crippen LogP contribution in [-0.4, -0.2) is 49.8 Å². The number of aliphatic hydroxyl groups is 1. The van der Waals surface area contributed by atoms with Crippen molar-refractivity contribution in [3.63, 3.8) is 0 Å². The second-order valence-corrected chi connectivity index (χ2v) is 6.59. The van der Waals surface area contributed by atoms with Gasteiger partial charge in [0, 0.05) is 26.1 Å². The molecule has 2 aliphatic rings. The van der Waals surface area contributed by atoms with Gasteiger partial charge in [-0.3, -0.25) is 4.79 Å². The van der Waals surface area contributed by atoms with Crippen LogP contribution < -0.4 is 0 Å². The lowest BCUT2D eigenvalue weighted by Gasteiger charge is -2.43. The van der Waals surface area contributed by atoms with Crippen LogP contribution in [0, 0.1) is 10.8 Å². The molecule has 0 aromatic rings. The number of carbonyl (C=O) groups is 1. The van der Waals surface area contributed by atoms with E-state index in [0.717, 1.165) is 32.1 Å². The van der Waals surface area contributed by atoms with Crippen molar-refractivity contribution < 1.29 is 14.6 Å². The zero-order valence-electron chi connectivity index (χ0n) is 12.3. The summed E-state index contributed by atoms with van der Waals surface area (Å²) in [5.74, 6) is 0.209. The Morgan fingerprint density at radius 2 is 1.84 bits per heavy atom. The van der Waals surface area contributed by atoms with E-state index in [1.54, 1.807) is 7.11 Å². The molecule has 2 rings (SSSR count). The van der Waals surface area contributed by atoms with Crippen LogP contribution >= 0.6 is 0 Å². The van der Waals surface area contributed by atoms with Gasteiger partial charge in [0.05, 0.1) is 18.6 Å². The van der Waals surface area contributed by atoms with E-state index < -0.39 is 0 Å². The summed E-state index contributed by atoms with van der Waals surface area (Å²) in [4.78, 5) is 14.5. The molecule has 1 N–H and O–H groups in total. The molecule has 0 aliphatic heterocycles. The smallest absolute Gasteiger partial charge is 0.230 e. The largest absolute Gasteiger partial charge is 0.396 e. The Bertz CT molecular complexity index is 319. The van der Waals surface area contributed by atoms with Crippen LogP contribution in [0.25, 0.3) is 0 Å². The van der Waals surface area contributed by atoms with Crippen LogP contribution in [0.15, 0.2) is 0 Å². The first-order chi connectivity index (χ1) is 9.07. The van der Waals surface area contributed by atoms with Crippen molar-refractivity contribution in [2.24, 2.45) is 10.8 Å². The Labute approximate surface area is 116 Å². The highest BCUT2D eigenvalue weighted by molar-refractivity contribution is 5.83. The number of carbonyl (C=O) groups excluding carboxylic acids is 1. The third-order valence-corrected chi connectivity index (χ3v) is 5.10. The molecule has 0 aromatic heterocycles. The number of ether oxygens (including phenoxy) is 1. The average Bonchev–Trinajstić information content (AvgIpc) is 2.82. The minimum Gasteiger partial charge on any atom is -0.396 e. The van der Waals surface area contributed by atoms with Gasteiger partial charge in [0.15, 0.2) is 0 Å². The third-order valence-electron chi connectivity index (χ3n) is 5.10. The van der Waals surface area contributed by atoms with Crippen LogP contribution in [0.3, 0.4) is 0 Å². The standard InChI is InChI=1S/C15H27NO3/c1-16(10-14(11-17)6-3-4-7-14)13(18)15(12-19-2)8-5-9-15/h17H,3-12H2,1-2H3. The number of hydrogen-bond acceptors (Lipinski definition) is 3. The van der Waals surface area contributed by atoms with Crippen LogP contribution in [0.4, 0.5) is 0 Å². The molecule has 4 nitrogen and oxygen atoms in total. The lowest BCUT2D eigenvalue weighted by Crippen LogP contribution is -2.51. The van der Waals surface area contributed by atoms with Gasteiger partial charge in [-0.25, -0.2) is 0 Å². The molecule has 0 heterocycles. The second kappa shape index (κ2) is 5.80. The number of methoxy groups -OCH3 is 1. The topological polar surface area (TPSA) is 49.8 Å². The molecule has 110 valence electrons. The molecule has 4 heteroatoms. The molecule has 0 atom stereocenters. The van der Waals surface area contributed by atoms with Gasteiger partial charge >= 0.3 is 0 Å². The van der Waals surface area contributed by atoms with Gasteiger partial charge in [0.1, 0.15) is 0 Å². The van der Waals surface area contributed by atoms with Gasteiger partial charge in [-0.1, -0.05) is 19.3 Å². The minimum atomic E-state index is -0.279. The highest BCUT2D eigenvalue weighted by Crippen LogP contribution is 2.44. The summed E-state index contributed by atoms with van der Waals surface area (Å²) in [5.41, 5.74) is -0.332. The summed E-state index contributed by atoms with van der Waals surface area (Å²) < 4.78 is 5.24. The fourth-order valence-electron chi connectivity index (χ4n) is 3.77. The fourth-order valence-corrected chi connectivity index (χ4v) is 3.77. The van der Waals surface area contributed by atoms with E-state index in [2.05, 4.69) is 0 Å². The highest BCUT2D eigenvalue weighted by atomic mass is 16.5. The van der Waals surface area contributed by atoms with Crippen LogP contribution in [0.1, 0.15) is 44.9 Å². The Kier molecular flexibility index (Phi) is 4.51. The first kappa shape index (κ1) is 14.8. The summed E-state index contributed by atoms with van der Waals surface area (Å²) in [5, 5.41) is 9.66. The third kappa shape index (κ3) is 2.79. The number of amides is 1. The van der Waals surface area contributed by atoms with Crippen molar-refractivity contribution in [1.82, 2.24) is 4.90 Å². The molecule has 1 amide bonds. The van der Waals surface area contributed by atoms with Crippen LogP contribution in [-0.2, 0) is 9.53 Å². The van der Waals surface area contributed by atoms with Gasteiger partial charge in [-0.05, 0) is 25.7 Å². The van der Waals surface area contributed by atoms with Crippen molar-refractivity contribution >= 4 is 5.91 Å². The lowest BCUT2D eigenvalue weighted by molar-refractivity contribution is -0.152. The molecule has 0 bridgehead atoms. The first-order valence-corrected chi connectivity index (χ1v) is 7.43. The summed E-state index contributed by atoms with van der Waals surface area (Å²) in [6, 6.07) is 0. The monoisotopic (exact) mass is 269 g/mol. The van der Waals surface area contributed by atoms with Crippen molar-refractivity contribution in [3.05, 3.63) is 0 Å². The van der Waals surface area contributed by atoms with Gasteiger partial charge in [0.2, 0.25) is 5.91 Å². The molecule has 2 saturated carbocycles. The number of nitrogens with zero attached hydrogens (tertiary/aromatic N) is 1. The van der Waals surface area contributed by atoms with E-state index >= 15 is 0 Å². The van der Waals surface area contributed by atoms with E-state index in [1.807, 2.05) is 11.9 Å². The quantitative estimate of drug-likeness (QED) is 0.800. The van der Waals surface area contributed by atoms with E-state index in [-0.39, 0.29) is 23.3 Å². The summed E-state index contributed by atoms with van der Waals surface area (Å²) in [7, 11) is 3.55. The Hall–Kier alpha value is -0.610. The normalized spacial score (nSPS) is 23.9. The maximum absolute atomic E-state index is 12.6. The van der Waals surface area contributed by atoms with Gasteiger partial charge in [-0.15, -0.1) is 0 Å².